The zero-order valence-electron chi connectivity index (χ0n) is 13.6. The van der Waals surface area contributed by atoms with Crippen molar-refractivity contribution in [3.8, 4) is 0 Å². The average molecular weight is 289 g/mol. The van der Waals surface area contributed by atoms with Gasteiger partial charge < -0.3 is 10.1 Å². The molecule has 0 spiro atoms. The van der Waals surface area contributed by atoms with Crippen LogP contribution in [0.2, 0.25) is 0 Å². The van der Waals surface area contributed by atoms with Crippen LogP contribution in [0.15, 0.2) is 24.3 Å². The Morgan fingerprint density at radius 1 is 1.00 bits per heavy atom. The van der Waals surface area contributed by atoms with Crippen LogP contribution in [0.1, 0.15) is 63.0 Å². The second-order valence-corrected chi connectivity index (χ2v) is 6.26. The Balaban J connectivity index is 1.59. The predicted octanol–water partition coefficient (Wildman–Crippen LogP) is 4.47. The summed E-state index contributed by atoms with van der Waals surface area (Å²) in [6.45, 7) is 5.14. The van der Waals surface area contributed by atoms with E-state index in [1.807, 2.05) is 0 Å². The summed E-state index contributed by atoms with van der Waals surface area (Å²) in [5.74, 6) is 0. The Morgan fingerprint density at radius 2 is 1.71 bits per heavy atom. The van der Waals surface area contributed by atoms with Gasteiger partial charge in [0.05, 0.1) is 12.7 Å². The molecule has 2 rings (SSSR count). The van der Waals surface area contributed by atoms with Crippen LogP contribution in [0.25, 0.3) is 0 Å². The molecule has 1 heterocycles. The van der Waals surface area contributed by atoms with E-state index in [1.165, 1.54) is 56.1 Å². The monoisotopic (exact) mass is 289 g/mol. The molecule has 21 heavy (non-hydrogen) atoms. The Morgan fingerprint density at radius 3 is 2.43 bits per heavy atom. The van der Waals surface area contributed by atoms with Crippen LogP contribution in [-0.2, 0) is 17.8 Å². The van der Waals surface area contributed by atoms with E-state index in [9.17, 15) is 0 Å². The van der Waals surface area contributed by atoms with Crippen molar-refractivity contribution in [2.75, 3.05) is 13.1 Å². The van der Waals surface area contributed by atoms with E-state index >= 15 is 0 Å². The van der Waals surface area contributed by atoms with E-state index in [4.69, 9.17) is 4.74 Å². The predicted molar refractivity (Wildman–Crippen MR) is 89.6 cm³/mol. The Hall–Kier alpha value is -0.860. The number of unbranched alkanes of at least 4 members (excludes halogenated alkanes) is 5. The van der Waals surface area contributed by atoms with Gasteiger partial charge in [-0.15, -0.1) is 0 Å². The minimum atomic E-state index is 0.410. The highest BCUT2D eigenvalue weighted by Crippen LogP contribution is 2.13. The lowest BCUT2D eigenvalue weighted by molar-refractivity contribution is 0.0542. The highest BCUT2D eigenvalue weighted by atomic mass is 16.5. The summed E-state index contributed by atoms with van der Waals surface area (Å²) in [6.07, 6.45) is 11.0. The first-order chi connectivity index (χ1) is 10.4. The minimum Gasteiger partial charge on any atom is -0.372 e. The molecule has 1 atom stereocenters. The standard InChI is InChI=1S/C19H31NO/c1-2-3-4-5-6-7-8-17-9-11-18(12-10-17)16-21-19-13-14-20-15-19/h9-12,19-20H,2-8,13-16H2,1H3/t19-/m0/s1. The lowest BCUT2D eigenvalue weighted by atomic mass is 10.0. The molecular formula is C19H31NO. The second-order valence-electron chi connectivity index (χ2n) is 6.26. The fraction of sp³-hybridized carbons (Fsp3) is 0.684. The van der Waals surface area contributed by atoms with Gasteiger partial charge in [-0.25, -0.2) is 0 Å². The van der Waals surface area contributed by atoms with E-state index < -0.39 is 0 Å². The molecule has 1 aromatic rings. The van der Waals surface area contributed by atoms with Crippen molar-refractivity contribution in [1.82, 2.24) is 5.32 Å². The van der Waals surface area contributed by atoms with E-state index in [0.29, 0.717) is 6.10 Å². The van der Waals surface area contributed by atoms with Gasteiger partial charge in [-0.05, 0) is 36.9 Å². The van der Waals surface area contributed by atoms with Crippen molar-refractivity contribution in [3.05, 3.63) is 35.4 Å². The molecule has 2 nitrogen and oxygen atoms in total. The van der Waals surface area contributed by atoms with Gasteiger partial charge in [0.15, 0.2) is 0 Å². The molecule has 1 aliphatic heterocycles. The van der Waals surface area contributed by atoms with E-state index in [-0.39, 0.29) is 0 Å². The molecule has 2 heteroatoms. The molecule has 1 N–H and O–H groups in total. The van der Waals surface area contributed by atoms with Gasteiger partial charge in [-0.1, -0.05) is 63.3 Å². The van der Waals surface area contributed by atoms with Crippen molar-refractivity contribution in [2.24, 2.45) is 0 Å². The Kier molecular flexibility index (Phi) is 7.83. The third-order valence-electron chi connectivity index (χ3n) is 4.34. The first-order valence-corrected chi connectivity index (χ1v) is 8.78. The van der Waals surface area contributed by atoms with Gasteiger partial charge in [0, 0.05) is 6.54 Å². The molecule has 0 bridgehead atoms. The van der Waals surface area contributed by atoms with E-state index in [1.54, 1.807) is 0 Å². The van der Waals surface area contributed by atoms with Gasteiger partial charge in [0.1, 0.15) is 0 Å². The molecule has 0 aromatic heterocycles. The lowest BCUT2D eigenvalue weighted by Crippen LogP contribution is -2.16. The normalized spacial score (nSPS) is 18.2. The van der Waals surface area contributed by atoms with Crippen molar-refractivity contribution in [3.63, 3.8) is 0 Å². The molecule has 1 aliphatic rings. The molecule has 1 aromatic carbocycles. The third-order valence-corrected chi connectivity index (χ3v) is 4.34. The van der Waals surface area contributed by atoms with Gasteiger partial charge in [0.2, 0.25) is 0 Å². The summed E-state index contributed by atoms with van der Waals surface area (Å²) < 4.78 is 5.90. The SMILES string of the molecule is CCCCCCCCc1ccc(CO[C@H]2CCNC2)cc1. The van der Waals surface area contributed by atoms with Crippen LogP contribution in [0, 0.1) is 0 Å². The number of hydrogen-bond donors (Lipinski definition) is 1. The van der Waals surface area contributed by atoms with E-state index in [0.717, 1.165) is 26.1 Å². The van der Waals surface area contributed by atoms with E-state index in [2.05, 4.69) is 36.5 Å². The topological polar surface area (TPSA) is 21.3 Å². The van der Waals surface area contributed by atoms with Gasteiger partial charge in [0.25, 0.3) is 0 Å². The number of nitrogens with one attached hydrogen (secondary N) is 1. The van der Waals surface area contributed by atoms with Gasteiger partial charge >= 0.3 is 0 Å². The summed E-state index contributed by atoms with van der Waals surface area (Å²) in [4.78, 5) is 0. The van der Waals surface area contributed by atoms with Gasteiger partial charge in [-0.3, -0.25) is 0 Å². The van der Waals surface area contributed by atoms with Crippen molar-refractivity contribution in [1.29, 1.82) is 0 Å². The molecule has 0 aliphatic carbocycles. The maximum absolute atomic E-state index is 5.90. The zero-order chi connectivity index (χ0) is 14.8. The molecule has 0 amide bonds. The zero-order valence-corrected chi connectivity index (χ0v) is 13.6. The van der Waals surface area contributed by atoms with Crippen molar-refractivity contribution >= 4 is 0 Å². The van der Waals surface area contributed by atoms with Crippen LogP contribution in [0.4, 0.5) is 0 Å². The van der Waals surface area contributed by atoms with Crippen LogP contribution in [0.5, 0.6) is 0 Å². The summed E-state index contributed by atoms with van der Waals surface area (Å²) in [7, 11) is 0. The summed E-state index contributed by atoms with van der Waals surface area (Å²) in [5, 5.41) is 3.33. The summed E-state index contributed by atoms with van der Waals surface area (Å²) >= 11 is 0. The molecular weight excluding hydrogens is 258 g/mol. The molecule has 118 valence electrons. The minimum absolute atomic E-state index is 0.410. The average Bonchev–Trinajstić information content (AvgIpc) is 3.03. The van der Waals surface area contributed by atoms with Crippen LogP contribution < -0.4 is 5.32 Å². The Bertz CT molecular complexity index is 368. The highest BCUT2D eigenvalue weighted by molar-refractivity contribution is 5.22. The maximum Gasteiger partial charge on any atom is 0.0721 e. The fourth-order valence-corrected chi connectivity index (χ4v) is 2.90. The number of aryl methyl sites for hydroxylation is 1. The lowest BCUT2D eigenvalue weighted by Gasteiger charge is -2.10. The molecule has 0 saturated carbocycles. The third kappa shape index (κ3) is 6.62. The number of hydrogen-bond acceptors (Lipinski definition) is 2. The van der Waals surface area contributed by atoms with Crippen molar-refractivity contribution < 1.29 is 4.74 Å². The van der Waals surface area contributed by atoms with Crippen molar-refractivity contribution in [2.45, 2.75) is 71.0 Å². The number of ether oxygens (including phenoxy) is 1. The number of rotatable bonds is 10. The largest absolute Gasteiger partial charge is 0.372 e. The molecule has 1 saturated heterocycles. The van der Waals surface area contributed by atoms with Crippen LogP contribution >= 0.6 is 0 Å². The number of benzene rings is 1. The molecule has 0 unspecified atom stereocenters. The Labute approximate surface area is 130 Å². The maximum atomic E-state index is 5.90. The van der Waals surface area contributed by atoms with Gasteiger partial charge in [-0.2, -0.15) is 0 Å². The smallest absolute Gasteiger partial charge is 0.0721 e. The molecule has 0 radical (unpaired) electrons. The first kappa shape index (κ1) is 16.5. The summed E-state index contributed by atoms with van der Waals surface area (Å²) in [6, 6.07) is 9.01. The van der Waals surface area contributed by atoms with Crippen LogP contribution in [-0.4, -0.2) is 19.2 Å². The summed E-state index contributed by atoms with van der Waals surface area (Å²) in [5.41, 5.74) is 2.77. The fourth-order valence-electron chi connectivity index (χ4n) is 2.90. The molecule has 1 fully saturated rings. The first-order valence-electron chi connectivity index (χ1n) is 8.78. The highest BCUT2D eigenvalue weighted by Gasteiger charge is 2.14. The van der Waals surface area contributed by atoms with Crippen LogP contribution in [0.3, 0.4) is 0 Å². The second kappa shape index (κ2) is 9.97. The quantitative estimate of drug-likeness (QED) is 0.642.